The Morgan fingerprint density at radius 3 is 2.69 bits per heavy atom. The number of carbonyl (C=O) groups is 1. The summed E-state index contributed by atoms with van der Waals surface area (Å²) in [4.78, 5) is 19.1. The van der Waals surface area contributed by atoms with Crippen molar-refractivity contribution in [3.05, 3.63) is 35.9 Å². The molecule has 5 heterocycles. The number of aliphatic hydroxyl groups is 1. The fraction of sp³-hybridized carbons (Fsp3) is 0.565. The van der Waals surface area contributed by atoms with E-state index in [-0.39, 0.29) is 47.7 Å². The van der Waals surface area contributed by atoms with E-state index in [0.29, 0.717) is 18.1 Å². The third kappa shape index (κ3) is 3.75. The highest BCUT2D eigenvalue weighted by Gasteiger charge is 2.41. The molecule has 2 aliphatic heterocycles. The van der Waals surface area contributed by atoms with E-state index in [1.54, 1.807) is 21.6 Å². The average molecular weight is 489 g/mol. The summed E-state index contributed by atoms with van der Waals surface area (Å²) in [7, 11) is 0. The standard InChI is InChI=1S/C23H27F2N7O3/c24-21(25)20-18(10-30(28-20)14-3-1-13(11-33)2-4-14)32-9-17(22(26)34)23-27-19(5-6-31(23)32)29-8-16-7-15(29)12-35-16/h5-6,9-10,13-16,21,33H,1-4,7-8,11-12H2,(H-,26,34)/p+1/t13?,14?,15-,16-/m1/s1. The van der Waals surface area contributed by atoms with Gasteiger partial charge < -0.3 is 20.5 Å². The van der Waals surface area contributed by atoms with Gasteiger partial charge in [0.15, 0.2) is 11.3 Å². The predicted octanol–water partition coefficient (Wildman–Crippen LogP) is 1.55. The van der Waals surface area contributed by atoms with Crippen LogP contribution in [0.5, 0.6) is 0 Å². The van der Waals surface area contributed by atoms with E-state index in [1.165, 1.54) is 10.9 Å². The van der Waals surface area contributed by atoms with Crippen LogP contribution in [0.4, 0.5) is 14.6 Å². The number of fused-ring (bicyclic) bond motifs is 3. The van der Waals surface area contributed by atoms with Crippen molar-refractivity contribution in [2.45, 2.75) is 56.7 Å². The molecule has 0 unspecified atom stereocenters. The lowest BCUT2D eigenvalue weighted by atomic mass is 9.87. The first-order valence-corrected chi connectivity index (χ1v) is 12.0. The molecular formula is C23H28F2N7O3+. The molecule has 1 amide bonds. The lowest BCUT2D eigenvalue weighted by Crippen LogP contribution is -2.39. The van der Waals surface area contributed by atoms with Crippen LogP contribution in [-0.2, 0) is 4.74 Å². The summed E-state index contributed by atoms with van der Waals surface area (Å²) in [5, 5.41) is 13.6. The summed E-state index contributed by atoms with van der Waals surface area (Å²) in [5.74, 6) is 0.257. The van der Waals surface area contributed by atoms with Crippen LogP contribution in [0.15, 0.2) is 24.7 Å². The zero-order chi connectivity index (χ0) is 24.3. The molecule has 2 bridgehead atoms. The fourth-order valence-electron chi connectivity index (χ4n) is 5.71. The number of nitrogens with zero attached hydrogens (tertiary/aromatic N) is 6. The lowest BCUT2D eigenvalue weighted by molar-refractivity contribution is -0.600. The van der Waals surface area contributed by atoms with Gasteiger partial charge in [0.2, 0.25) is 5.82 Å². The highest BCUT2D eigenvalue weighted by Crippen LogP contribution is 2.35. The van der Waals surface area contributed by atoms with Crippen LogP contribution in [0.1, 0.15) is 60.6 Å². The van der Waals surface area contributed by atoms with Crippen LogP contribution >= 0.6 is 0 Å². The zero-order valence-corrected chi connectivity index (χ0v) is 19.1. The molecule has 1 aliphatic carbocycles. The van der Waals surface area contributed by atoms with Gasteiger partial charge in [0.05, 0.1) is 37.2 Å². The number of morpholine rings is 1. The molecular weight excluding hydrogens is 460 g/mol. The van der Waals surface area contributed by atoms with Crippen molar-refractivity contribution in [3.63, 3.8) is 0 Å². The van der Waals surface area contributed by atoms with E-state index in [1.807, 2.05) is 6.07 Å². The molecule has 0 aromatic carbocycles. The third-order valence-corrected chi connectivity index (χ3v) is 7.63. The molecule has 0 spiro atoms. The van der Waals surface area contributed by atoms with Crippen molar-refractivity contribution >= 4 is 17.4 Å². The molecule has 3 fully saturated rings. The molecule has 1 saturated carbocycles. The first-order valence-electron chi connectivity index (χ1n) is 12.0. The Labute approximate surface area is 199 Å². The number of alkyl halides is 2. The van der Waals surface area contributed by atoms with Gasteiger partial charge in [0.1, 0.15) is 11.9 Å². The van der Waals surface area contributed by atoms with Gasteiger partial charge in [0.25, 0.3) is 12.3 Å². The second-order valence-corrected chi connectivity index (χ2v) is 9.74. The quantitative estimate of drug-likeness (QED) is 0.509. The number of anilines is 1. The van der Waals surface area contributed by atoms with E-state index in [4.69, 9.17) is 15.5 Å². The summed E-state index contributed by atoms with van der Waals surface area (Å²) >= 11 is 0. The van der Waals surface area contributed by atoms with Crippen LogP contribution in [-0.4, -0.2) is 62.4 Å². The lowest BCUT2D eigenvalue weighted by Gasteiger charge is -2.27. The number of aliphatic hydroxyl groups excluding tert-OH is 1. The van der Waals surface area contributed by atoms with Crippen LogP contribution in [0.25, 0.3) is 11.3 Å². The monoisotopic (exact) mass is 488 g/mol. The molecule has 12 heteroatoms. The second-order valence-electron chi connectivity index (χ2n) is 9.74. The largest absolute Gasteiger partial charge is 0.396 e. The van der Waals surface area contributed by atoms with Crippen molar-refractivity contribution < 1.29 is 27.9 Å². The van der Waals surface area contributed by atoms with E-state index in [9.17, 15) is 18.7 Å². The molecule has 3 aromatic heterocycles. The number of primary amides is 1. The maximum Gasteiger partial charge on any atom is 0.363 e. The minimum atomic E-state index is -2.80. The van der Waals surface area contributed by atoms with Gasteiger partial charge in [-0.2, -0.15) is 9.78 Å². The van der Waals surface area contributed by atoms with Crippen molar-refractivity contribution in [2.24, 2.45) is 11.7 Å². The van der Waals surface area contributed by atoms with Crippen molar-refractivity contribution in [2.75, 3.05) is 24.7 Å². The molecule has 2 atom stereocenters. The Balaban J connectivity index is 1.41. The highest BCUT2D eigenvalue weighted by atomic mass is 19.3. The number of rotatable bonds is 6. The number of ether oxygens (including phenoxy) is 1. The summed E-state index contributed by atoms with van der Waals surface area (Å²) < 4.78 is 38.4. The maximum atomic E-state index is 14.1. The Morgan fingerprint density at radius 1 is 1.26 bits per heavy atom. The molecule has 3 N–H and O–H groups in total. The highest BCUT2D eigenvalue weighted by molar-refractivity contribution is 5.97. The van der Waals surface area contributed by atoms with Crippen LogP contribution in [0.3, 0.4) is 0 Å². The number of hydrogen-bond acceptors (Lipinski definition) is 6. The zero-order valence-electron chi connectivity index (χ0n) is 19.1. The van der Waals surface area contributed by atoms with E-state index in [2.05, 4.69) is 10.00 Å². The number of carbonyl (C=O) groups excluding carboxylic acids is 1. The van der Waals surface area contributed by atoms with Gasteiger partial charge in [-0.15, -0.1) is 4.52 Å². The SMILES string of the molecule is NC(=O)c1cn(-c2cn(C3CCC(CO)CC3)nc2C(F)F)[n+]2ccc(N3C[C@H]4C[C@@H]3CO4)nc12. The molecule has 186 valence electrons. The van der Waals surface area contributed by atoms with Gasteiger partial charge >= 0.3 is 5.65 Å². The normalized spacial score (nSPS) is 26.3. The van der Waals surface area contributed by atoms with Crippen molar-refractivity contribution in [1.29, 1.82) is 0 Å². The number of nitrogens with two attached hydrogens (primary N) is 1. The van der Waals surface area contributed by atoms with Gasteiger partial charge in [-0.1, -0.05) is 0 Å². The van der Waals surface area contributed by atoms with Crippen molar-refractivity contribution in [1.82, 2.24) is 19.4 Å². The van der Waals surface area contributed by atoms with E-state index in [0.717, 1.165) is 38.6 Å². The Bertz CT molecular complexity index is 1270. The van der Waals surface area contributed by atoms with Crippen LogP contribution in [0.2, 0.25) is 0 Å². The van der Waals surface area contributed by atoms with Crippen LogP contribution < -0.4 is 15.1 Å². The minimum absolute atomic E-state index is 0.0241. The van der Waals surface area contributed by atoms with Gasteiger partial charge in [-0.3, -0.25) is 9.48 Å². The number of halogens is 2. The molecule has 10 nitrogen and oxygen atoms in total. The molecule has 6 rings (SSSR count). The molecule has 0 radical (unpaired) electrons. The second kappa shape index (κ2) is 8.52. The number of amides is 1. The third-order valence-electron chi connectivity index (χ3n) is 7.63. The fourth-order valence-corrected chi connectivity index (χ4v) is 5.71. The van der Waals surface area contributed by atoms with Gasteiger partial charge in [0, 0.05) is 19.2 Å². The van der Waals surface area contributed by atoms with Crippen molar-refractivity contribution in [3.8, 4) is 5.69 Å². The smallest absolute Gasteiger partial charge is 0.363 e. The summed E-state index contributed by atoms with van der Waals surface area (Å²) in [6.07, 6.45) is 6.24. The topological polar surface area (TPSA) is 116 Å². The van der Waals surface area contributed by atoms with Crippen LogP contribution in [0, 0.1) is 5.92 Å². The number of aromatic nitrogens is 5. The Morgan fingerprint density at radius 2 is 2.06 bits per heavy atom. The first-order chi connectivity index (χ1) is 16.9. The predicted molar refractivity (Wildman–Crippen MR) is 120 cm³/mol. The Hall–Kier alpha value is -3.12. The minimum Gasteiger partial charge on any atom is -0.396 e. The number of hydrogen-bond donors (Lipinski definition) is 2. The molecule has 2 saturated heterocycles. The van der Waals surface area contributed by atoms with E-state index >= 15 is 0 Å². The maximum absolute atomic E-state index is 14.1. The first kappa shape index (κ1) is 22.4. The van der Waals surface area contributed by atoms with Gasteiger partial charge in [-0.25, -0.2) is 8.78 Å². The molecule has 3 aliphatic rings. The summed E-state index contributed by atoms with van der Waals surface area (Å²) in [6.45, 7) is 1.50. The molecule has 35 heavy (non-hydrogen) atoms. The van der Waals surface area contributed by atoms with Gasteiger partial charge in [-0.05, 0) is 43.0 Å². The average Bonchev–Trinajstić information content (AvgIpc) is 3.65. The van der Waals surface area contributed by atoms with E-state index < -0.39 is 12.3 Å². The Kier molecular flexibility index (Phi) is 5.44. The molecule has 3 aromatic rings. The summed E-state index contributed by atoms with van der Waals surface area (Å²) in [5.41, 5.74) is 5.90. The summed E-state index contributed by atoms with van der Waals surface area (Å²) in [6, 6.07) is 2.03.